The summed E-state index contributed by atoms with van der Waals surface area (Å²) in [6.07, 6.45) is 8.94. The van der Waals surface area contributed by atoms with Crippen LogP contribution < -0.4 is 5.32 Å². The van der Waals surface area contributed by atoms with Crippen LogP contribution in [0.2, 0.25) is 0 Å². The maximum Gasteiger partial charge on any atom is 0.211 e. The highest BCUT2D eigenvalue weighted by Gasteiger charge is 2.34. The zero-order valence-corrected chi connectivity index (χ0v) is 23.2. The standard InChI is InChI=1S/C20H32N2O.C8H11F.C2H6/c1-6-11-22-12-9-20(5,10-13-22)17-14-16(19(2,3)4)7-8-18(17)21-15-23;1-4-6-7(3)8(9)5-2;1-2/h7-8,14-15H,6,9-13H2,1-5H3,(H,21,23);4-6H,1H2,2-3H3;1-2H3/b;7-6-,8-5+;. The summed E-state index contributed by atoms with van der Waals surface area (Å²) >= 11 is 0. The molecular formula is C30H49FN2O. The van der Waals surface area contributed by atoms with Crippen LogP contribution in [0, 0.1) is 0 Å². The van der Waals surface area contributed by atoms with E-state index >= 15 is 0 Å². The van der Waals surface area contributed by atoms with Crippen molar-refractivity contribution in [3.8, 4) is 0 Å². The largest absolute Gasteiger partial charge is 0.328 e. The fourth-order valence-corrected chi connectivity index (χ4v) is 4.04. The van der Waals surface area contributed by atoms with Gasteiger partial charge in [-0.2, -0.15) is 0 Å². The molecule has 1 saturated heterocycles. The number of allylic oxidation sites excluding steroid dienone is 5. The van der Waals surface area contributed by atoms with Crippen LogP contribution in [0.3, 0.4) is 0 Å². The molecule has 1 aromatic rings. The molecule has 0 saturated carbocycles. The van der Waals surface area contributed by atoms with E-state index in [1.807, 2.05) is 13.8 Å². The Morgan fingerprint density at radius 3 is 2.26 bits per heavy atom. The number of benzene rings is 1. The number of halogens is 1. The number of carbonyl (C=O) groups excluding carboxylic acids is 1. The zero-order chi connectivity index (χ0) is 26.4. The average Bonchev–Trinajstić information content (AvgIpc) is 2.82. The van der Waals surface area contributed by atoms with Crippen molar-refractivity contribution < 1.29 is 9.18 Å². The summed E-state index contributed by atoms with van der Waals surface area (Å²) in [5.74, 6) is -0.185. The maximum atomic E-state index is 12.5. The fraction of sp³-hybridized carbons (Fsp3) is 0.567. The first-order valence-electron chi connectivity index (χ1n) is 12.7. The molecule has 4 heteroatoms. The molecule has 1 aliphatic rings. The van der Waals surface area contributed by atoms with E-state index in [4.69, 9.17) is 0 Å². The van der Waals surface area contributed by atoms with E-state index < -0.39 is 0 Å². The van der Waals surface area contributed by atoms with E-state index in [2.05, 4.69) is 69.6 Å². The second kappa shape index (κ2) is 15.7. The fourth-order valence-electron chi connectivity index (χ4n) is 4.04. The van der Waals surface area contributed by atoms with Crippen molar-refractivity contribution in [1.29, 1.82) is 0 Å². The van der Waals surface area contributed by atoms with Crippen molar-refractivity contribution in [2.75, 3.05) is 25.0 Å². The lowest BCUT2D eigenvalue weighted by molar-refractivity contribution is -0.105. The van der Waals surface area contributed by atoms with E-state index in [0.29, 0.717) is 5.57 Å². The number of nitrogens with one attached hydrogen (secondary N) is 1. The molecule has 1 heterocycles. The highest BCUT2D eigenvalue weighted by molar-refractivity contribution is 5.74. The second-order valence-electron chi connectivity index (χ2n) is 9.90. The van der Waals surface area contributed by atoms with Gasteiger partial charge in [-0.15, -0.1) is 0 Å². The van der Waals surface area contributed by atoms with Gasteiger partial charge in [-0.05, 0) is 86.3 Å². The molecule has 0 bridgehead atoms. The molecule has 0 aromatic heterocycles. The Balaban J connectivity index is 0.000000836. The van der Waals surface area contributed by atoms with Gasteiger partial charge in [-0.3, -0.25) is 4.79 Å². The van der Waals surface area contributed by atoms with E-state index in [1.54, 1.807) is 26.0 Å². The van der Waals surface area contributed by atoms with Crippen LogP contribution in [-0.2, 0) is 15.6 Å². The second-order valence-corrected chi connectivity index (χ2v) is 9.90. The van der Waals surface area contributed by atoms with Crippen LogP contribution in [0.25, 0.3) is 0 Å². The number of carbonyl (C=O) groups is 1. The van der Waals surface area contributed by atoms with E-state index in [1.165, 1.54) is 30.2 Å². The molecule has 2 rings (SSSR count). The minimum atomic E-state index is -0.185. The monoisotopic (exact) mass is 472 g/mol. The summed E-state index contributed by atoms with van der Waals surface area (Å²) in [4.78, 5) is 13.6. The number of hydrogen-bond donors (Lipinski definition) is 1. The zero-order valence-electron chi connectivity index (χ0n) is 23.2. The van der Waals surface area contributed by atoms with Crippen molar-refractivity contribution in [3.63, 3.8) is 0 Å². The number of anilines is 1. The van der Waals surface area contributed by atoms with Crippen molar-refractivity contribution in [3.05, 3.63) is 65.5 Å². The van der Waals surface area contributed by atoms with Crippen LogP contribution in [0.1, 0.15) is 92.7 Å². The molecule has 34 heavy (non-hydrogen) atoms. The Bertz CT molecular complexity index is 810. The van der Waals surface area contributed by atoms with Crippen molar-refractivity contribution in [2.24, 2.45) is 0 Å². The lowest BCUT2D eigenvalue weighted by atomic mass is 9.72. The van der Waals surface area contributed by atoms with Gasteiger partial charge in [0.1, 0.15) is 5.83 Å². The molecule has 1 aromatic carbocycles. The first-order chi connectivity index (χ1) is 16.0. The van der Waals surface area contributed by atoms with Gasteiger partial charge >= 0.3 is 0 Å². The van der Waals surface area contributed by atoms with E-state index in [-0.39, 0.29) is 16.7 Å². The molecule has 192 valence electrons. The van der Waals surface area contributed by atoms with Crippen LogP contribution in [0.4, 0.5) is 10.1 Å². The Hall–Kier alpha value is -2.20. The first-order valence-corrected chi connectivity index (χ1v) is 12.7. The van der Waals surface area contributed by atoms with Crippen LogP contribution >= 0.6 is 0 Å². The van der Waals surface area contributed by atoms with Gasteiger partial charge in [-0.1, -0.05) is 85.4 Å². The third-order valence-electron chi connectivity index (χ3n) is 6.25. The number of nitrogens with zero attached hydrogens (tertiary/aromatic N) is 1. The van der Waals surface area contributed by atoms with Crippen molar-refractivity contribution >= 4 is 12.1 Å². The predicted octanol–water partition coefficient (Wildman–Crippen LogP) is 8.33. The summed E-state index contributed by atoms with van der Waals surface area (Å²) in [5.41, 5.74) is 4.48. The van der Waals surface area contributed by atoms with Crippen LogP contribution in [-0.4, -0.2) is 30.9 Å². The Kier molecular flexibility index (Phi) is 14.6. The van der Waals surface area contributed by atoms with Gasteiger partial charge in [0.25, 0.3) is 0 Å². The van der Waals surface area contributed by atoms with Crippen LogP contribution in [0.5, 0.6) is 0 Å². The molecule has 0 aliphatic carbocycles. The Labute approximate surface area is 209 Å². The summed E-state index contributed by atoms with van der Waals surface area (Å²) in [7, 11) is 0. The quantitative estimate of drug-likeness (QED) is 0.319. The molecule has 0 atom stereocenters. The molecular weight excluding hydrogens is 423 g/mol. The molecule has 1 amide bonds. The summed E-state index contributed by atoms with van der Waals surface area (Å²) in [5, 5.41) is 2.92. The molecule has 3 nitrogen and oxygen atoms in total. The minimum absolute atomic E-state index is 0.119. The topological polar surface area (TPSA) is 32.3 Å². The summed E-state index contributed by atoms with van der Waals surface area (Å²) in [6, 6.07) is 6.54. The molecule has 0 radical (unpaired) electrons. The van der Waals surface area contributed by atoms with Gasteiger partial charge in [0, 0.05) is 5.69 Å². The van der Waals surface area contributed by atoms with Gasteiger partial charge in [-0.25, -0.2) is 4.39 Å². The van der Waals surface area contributed by atoms with Crippen molar-refractivity contribution in [1.82, 2.24) is 4.90 Å². The third-order valence-corrected chi connectivity index (χ3v) is 6.25. The predicted molar refractivity (Wildman–Crippen MR) is 148 cm³/mol. The van der Waals surface area contributed by atoms with Crippen LogP contribution in [0.15, 0.2) is 54.4 Å². The smallest absolute Gasteiger partial charge is 0.211 e. The highest BCUT2D eigenvalue weighted by atomic mass is 19.1. The first kappa shape index (κ1) is 31.8. The minimum Gasteiger partial charge on any atom is -0.328 e. The Morgan fingerprint density at radius 2 is 1.82 bits per heavy atom. The Morgan fingerprint density at radius 1 is 1.24 bits per heavy atom. The summed E-state index contributed by atoms with van der Waals surface area (Å²) in [6.45, 7) is 25.6. The van der Waals surface area contributed by atoms with Gasteiger partial charge in [0.2, 0.25) is 6.41 Å². The average molecular weight is 473 g/mol. The number of piperidine rings is 1. The third kappa shape index (κ3) is 9.97. The number of hydrogen-bond acceptors (Lipinski definition) is 2. The van der Waals surface area contributed by atoms with Gasteiger partial charge in [0.05, 0.1) is 0 Å². The summed E-state index contributed by atoms with van der Waals surface area (Å²) < 4.78 is 12.5. The van der Waals surface area contributed by atoms with Crippen molar-refractivity contribution in [2.45, 2.75) is 92.4 Å². The van der Waals surface area contributed by atoms with E-state index in [9.17, 15) is 9.18 Å². The maximum absolute atomic E-state index is 12.5. The van der Waals surface area contributed by atoms with Gasteiger partial charge in [0.15, 0.2) is 0 Å². The number of rotatable bonds is 7. The number of amides is 1. The normalized spacial score (nSPS) is 16.4. The molecule has 1 aliphatic heterocycles. The molecule has 0 unspecified atom stereocenters. The molecule has 1 N–H and O–H groups in total. The molecule has 0 spiro atoms. The lowest BCUT2D eigenvalue weighted by Gasteiger charge is -2.41. The van der Waals surface area contributed by atoms with Gasteiger partial charge < -0.3 is 10.2 Å². The van der Waals surface area contributed by atoms with E-state index in [0.717, 1.165) is 38.0 Å². The molecule has 1 fully saturated rings. The highest BCUT2D eigenvalue weighted by Crippen LogP contribution is 2.40. The number of likely N-dealkylation sites (tertiary alicyclic amines) is 1. The lowest BCUT2D eigenvalue weighted by Crippen LogP contribution is -2.41. The SMILES string of the molecule is C=C/C=C(C)\C(F)=C/C.CC.CCCN1CCC(C)(c2cc(C(C)(C)C)ccc2NC=O)CC1.